The highest BCUT2D eigenvalue weighted by atomic mass is 19.4. The van der Waals surface area contributed by atoms with E-state index < -0.39 is 12.6 Å². The molecular formula is C21H21F3N2O. The highest BCUT2D eigenvalue weighted by Crippen LogP contribution is 2.23. The van der Waals surface area contributed by atoms with Gasteiger partial charge in [-0.3, -0.25) is 4.79 Å². The zero-order chi connectivity index (χ0) is 19.4. The van der Waals surface area contributed by atoms with Crippen LogP contribution in [0.5, 0.6) is 0 Å². The Labute approximate surface area is 155 Å². The number of nitrogens with zero attached hydrogens (tertiary/aromatic N) is 1. The van der Waals surface area contributed by atoms with Crippen molar-refractivity contribution in [1.82, 2.24) is 9.88 Å². The summed E-state index contributed by atoms with van der Waals surface area (Å²) >= 11 is 0. The first-order valence-corrected chi connectivity index (χ1v) is 8.77. The molecule has 6 heteroatoms. The third-order valence-corrected chi connectivity index (χ3v) is 4.50. The highest BCUT2D eigenvalue weighted by molar-refractivity contribution is 5.89. The van der Waals surface area contributed by atoms with Gasteiger partial charge in [0.15, 0.2) is 0 Å². The molecule has 0 atom stereocenters. The number of benzene rings is 2. The number of H-pyrrole nitrogens is 1. The van der Waals surface area contributed by atoms with Crippen molar-refractivity contribution < 1.29 is 18.0 Å². The van der Waals surface area contributed by atoms with E-state index in [2.05, 4.69) is 4.98 Å². The molecule has 0 aliphatic heterocycles. The van der Waals surface area contributed by atoms with E-state index in [1.165, 1.54) is 4.90 Å². The Morgan fingerprint density at radius 3 is 2.56 bits per heavy atom. The number of hydrogen-bond acceptors (Lipinski definition) is 1. The van der Waals surface area contributed by atoms with E-state index in [9.17, 15) is 18.0 Å². The summed E-state index contributed by atoms with van der Waals surface area (Å²) in [6, 6.07) is 14.9. The smallest absolute Gasteiger partial charge is 0.361 e. The van der Waals surface area contributed by atoms with Crippen molar-refractivity contribution in [3.05, 3.63) is 71.4 Å². The molecule has 0 radical (unpaired) electrons. The minimum absolute atomic E-state index is 0.0632. The van der Waals surface area contributed by atoms with Crippen LogP contribution in [0.1, 0.15) is 23.1 Å². The molecule has 0 bridgehead atoms. The first-order valence-electron chi connectivity index (χ1n) is 8.77. The predicted octanol–water partition coefficient (Wildman–Crippen LogP) is 5.00. The van der Waals surface area contributed by atoms with E-state index in [4.69, 9.17) is 0 Å². The van der Waals surface area contributed by atoms with Gasteiger partial charge in [0.2, 0.25) is 5.91 Å². The number of halogens is 3. The molecule has 0 fully saturated rings. The standard InChI is InChI=1S/C21H21F3N2O/c1-15-7-8-18-17(13-25-19(18)11-15)12-20(27)26(10-9-21(22,23)24)14-16-5-3-2-4-6-16/h2-8,11,13,25H,9-10,12,14H2,1H3. The number of aromatic amines is 1. The van der Waals surface area contributed by atoms with Crippen LogP contribution < -0.4 is 0 Å². The normalized spacial score (nSPS) is 11.7. The molecule has 3 aromatic rings. The van der Waals surface area contributed by atoms with Gasteiger partial charge in [-0.25, -0.2) is 0 Å². The second-order valence-electron chi connectivity index (χ2n) is 6.71. The lowest BCUT2D eigenvalue weighted by molar-refractivity contribution is -0.145. The van der Waals surface area contributed by atoms with Crippen molar-refractivity contribution in [2.75, 3.05) is 6.54 Å². The Hall–Kier alpha value is -2.76. The zero-order valence-electron chi connectivity index (χ0n) is 15.0. The fourth-order valence-electron chi connectivity index (χ4n) is 3.08. The number of amides is 1. The van der Waals surface area contributed by atoms with Crippen molar-refractivity contribution in [2.45, 2.75) is 32.5 Å². The van der Waals surface area contributed by atoms with Crippen molar-refractivity contribution in [3.63, 3.8) is 0 Å². The maximum atomic E-state index is 12.8. The van der Waals surface area contributed by atoms with Crippen molar-refractivity contribution >= 4 is 16.8 Å². The van der Waals surface area contributed by atoms with E-state index in [1.54, 1.807) is 6.20 Å². The number of rotatable bonds is 6. The molecule has 0 saturated heterocycles. The third-order valence-electron chi connectivity index (χ3n) is 4.50. The fourth-order valence-corrected chi connectivity index (χ4v) is 3.08. The molecule has 1 aromatic heterocycles. The van der Waals surface area contributed by atoms with Crippen LogP contribution in [0.25, 0.3) is 10.9 Å². The number of fused-ring (bicyclic) bond motifs is 1. The summed E-state index contributed by atoms with van der Waals surface area (Å²) in [6.07, 6.45) is -3.49. The number of aryl methyl sites for hydroxylation is 1. The number of alkyl halides is 3. The summed E-state index contributed by atoms with van der Waals surface area (Å²) in [4.78, 5) is 17.2. The monoisotopic (exact) mass is 374 g/mol. The topological polar surface area (TPSA) is 36.1 Å². The number of aromatic nitrogens is 1. The molecule has 0 aliphatic carbocycles. The van der Waals surface area contributed by atoms with Gasteiger partial charge >= 0.3 is 6.18 Å². The quantitative estimate of drug-likeness (QED) is 0.648. The zero-order valence-corrected chi connectivity index (χ0v) is 15.0. The van der Waals surface area contributed by atoms with E-state index in [-0.39, 0.29) is 25.4 Å². The predicted molar refractivity (Wildman–Crippen MR) is 99.3 cm³/mol. The first-order chi connectivity index (χ1) is 12.8. The molecule has 1 amide bonds. The highest BCUT2D eigenvalue weighted by Gasteiger charge is 2.29. The SMILES string of the molecule is Cc1ccc2c(CC(=O)N(CCC(F)(F)F)Cc3ccccc3)c[nH]c2c1. The Balaban J connectivity index is 1.78. The summed E-state index contributed by atoms with van der Waals surface area (Å²) in [5.41, 5.74) is 3.61. The van der Waals surface area contributed by atoms with Gasteiger partial charge < -0.3 is 9.88 Å². The molecule has 1 heterocycles. The van der Waals surface area contributed by atoms with Gasteiger partial charge in [0.1, 0.15) is 0 Å². The summed E-state index contributed by atoms with van der Waals surface area (Å²) in [7, 11) is 0. The minimum atomic E-state index is -4.30. The largest absolute Gasteiger partial charge is 0.390 e. The van der Waals surface area contributed by atoms with Gasteiger partial charge in [0, 0.05) is 30.2 Å². The molecule has 0 saturated carbocycles. The van der Waals surface area contributed by atoms with Crippen LogP contribution in [0.2, 0.25) is 0 Å². The lowest BCUT2D eigenvalue weighted by atomic mass is 10.1. The van der Waals surface area contributed by atoms with Crippen LogP contribution in [0.15, 0.2) is 54.7 Å². The molecule has 0 aliphatic rings. The van der Waals surface area contributed by atoms with Gasteiger partial charge in [-0.15, -0.1) is 0 Å². The first kappa shape index (κ1) is 19.0. The van der Waals surface area contributed by atoms with Crippen LogP contribution in [0, 0.1) is 6.92 Å². The van der Waals surface area contributed by atoms with Gasteiger partial charge in [-0.1, -0.05) is 42.5 Å². The average Bonchev–Trinajstić information content (AvgIpc) is 3.00. The van der Waals surface area contributed by atoms with Crippen LogP contribution >= 0.6 is 0 Å². The Morgan fingerprint density at radius 1 is 1.11 bits per heavy atom. The minimum Gasteiger partial charge on any atom is -0.361 e. The second-order valence-corrected chi connectivity index (χ2v) is 6.71. The van der Waals surface area contributed by atoms with Gasteiger partial charge in [-0.05, 0) is 29.7 Å². The summed E-state index contributed by atoms with van der Waals surface area (Å²) in [5.74, 6) is -0.315. The van der Waals surface area contributed by atoms with E-state index in [0.29, 0.717) is 0 Å². The lowest BCUT2D eigenvalue weighted by Gasteiger charge is -2.23. The molecule has 0 spiro atoms. The summed E-state index contributed by atoms with van der Waals surface area (Å²) in [6.45, 7) is 1.79. The Morgan fingerprint density at radius 2 is 1.85 bits per heavy atom. The molecule has 2 aromatic carbocycles. The molecule has 1 N–H and O–H groups in total. The van der Waals surface area contributed by atoms with Crippen LogP contribution in [0.3, 0.4) is 0 Å². The third kappa shape index (κ3) is 5.12. The van der Waals surface area contributed by atoms with E-state index >= 15 is 0 Å². The maximum absolute atomic E-state index is 12.8. The van der Waals surface area contributed by atoms with Crippen molar-refractivity contribution in [1.29, 1.82) is 0 Å². The van der Waals surface area contributed by atoms with Crippen LogP contribution in [-0.4, -0.2) is 28.5 Å². The number of carbonyl (C=O) groups is 1. The van der Waals surface area contributed by atoms with E-state index in [1.807, 2.05) is 55.5 Å². The summed E-state index contributed by atoms with van der Waals surface area (Å²) in [5, 5.41) is 0.921. The lowest BCUT2D eigenvalue weighted by Crippen LogP contribution is -2.34. The van der Waals surface area contributed by atoms with Gasteiger partial charge in [-0.2, -0.15) is 13.2 Å². The van der Waals surface area contributed by atoms with E-state index in [0.717, 1.165) is 27.6 Å². The Bertz CT molecular complexity index is 916. The number of carbonyl (C=O) groups excluding carboxylic acids is 1. The molecule has 27 heavy (non-hydrogen) atoms. The molecule has 3 nitrogen and oxygen atoms in total. The molecule has 0 unspecified atom stereocenters. The molecule has 142 valence electrons. The van der Waals surface area contributed by atoms with Crippen LogP contribution in [-0.2, 0) is 17.8 Å². The summed E-state index contributed by atoms with van der Waals surface area (Å²) < 4.78 is 38.1. The maximum Gasteiger partial charge on any atom is 0.390 e. The fraction of sp³-hybridized carbons (Fsp3) is 0.286. The Kier molecular flexibility index (Phi) is 5.54. The second kappa shape index (κ2) is 7.86. The molecule has 3 rings (SSSR count). The van der Waals surface area contributed by atoms with Crippen molar-refractivity contribution in [2.24, 2.45) is 0 Å². The van der Waals surface area contributed by atoms with Crippen molar-refractivity contribution in [3.8, 4) is 0 Å². The van der Waals surface area contributed by atoms with Gasteiger partial charge in [0.25, 0.3) is 0 Å². The van der Waals surface area contributed by atoms with Crippen LogP contribution in [0.4, 0.5) is 13.2 Å². The molecular weight excluding hydrogens is 353 g/mol. The average molecular weight is 374 g/mol. The number of nitrogens with one attached hydrogen (secondary N) is 1. The van der Waals surface area contributed by atoms with Gasteiger partial charge in [0.05, 0.1) is 12.8 Å². The number of hydrogen-bond donors (Lipinski definition) is 1.